The van der Waals surface area contributed by atoms with E-state index in [1.807, 2.05) is 65.8 Å². The van der Waals surface area contributed by atoms with Crippen molar-refractivity contribution in [3.8, 4) is 11.5 Å². The van der Waals surface area contributed by atoms with E-state index in [4.69, 9.17) is 36.0 Å². The summed E-state index contributed by atoms with van der Waals surface area (Å²) < 4.78 is 46.4. The predicted octanol–water partition coefficient (Wildman–Crippen LogP) is 8.47. The first-order valence-corrected chi connectivity index (χ1v) is 22.7. The van der Waals surface area contributed by atoms with Gasteiger partial charge in [0.1, 0.15) is 11.5 Å². The van der Waals surface area contributed by atoms with Crippen molar-refractivity contribution in [2.45, 2.75) is 93.2 Å². The van der Waals surface area contributed by atoms with E-state index in [0.29, 0.717) is 89.2 Å². The van der Waals surface area contributed by atoms with Crippen molar-refractivity contribution < 1.29 is 45.6 Å². The molecule has 0 fully saturated rings. The Morgan fingerprint density at radius 2 is 0.769 bits per heavy atom. The number of allylic oxidation sites excluding steroid dienone is 2. The first-order valence-electron chi connectivity index (χ1n) is 18.9. The minimum atomic E-state index is -2.75. The summed E-state index contributed by atoms with van der Waals surface area (Å²) in [6.45, 7) is 19.7. The minimum Gasteiger partial charge on any atom is -0.410 e. The lowest BCUT2D eigenvalue weighted by atomic mass is 9.91. The molecule has 2 rings (SSSR count). The number of rotatable bonds is 26. The van der Waals surface area contributed by atoms with E-state index in [1.165, 1.54) is 11.1 Å². The van der Waals surface area contributed by atoms with Crippen LogP contribution in [0.5, 0.6) is 11.5 Å². The van der Waals surface area contributed by atoms with Crippen LogP contribution in [0.4, 0.5) is 9.59 Å². The molecule has 0 aromatic heterocycles. The van der Waals surface area contributed by atoms with Gasteiger partial charge in [-0.1, -0.05) is 38.1 Å². The third-order valence-corrected chi connectivity index (χ3v) is 14.2. The van der Waals surface area contributed by atoms with Gasteiger partial charge in [-0.3, -0.25) is 0 Å². The van der Waals surface area contributed by atoms with Crippen LogP contribution in [0.3, 0.4) is 0 Å². The second kappa shape index (κ2) is 25.0. The molecular weight excluding hydrogens is 701 g/mol. The van der Waals surface area contributed by atoms with Crippen LogP contribution in [0.25, 0.3) is 11.1 Å². The fourth-order valence-corrected chi connectivity index (χ4v) is 11.1. The number of hydrogen-bond donors (Lipinski definition) is 2. The molecule has 292 valence electrons. The zero-order valence-corrected chi connectivity index (χ0v) is 34.6. The van der Waals surface area contributed by atoms with Gasteiger partial charge in [-0.15, -0.1) is 0 Å². The van der Waals surface area contributed by atoms with Crippen molar-refractivity contribution in [3.63, 3.8) is 0 Å². The van der Waals surface area contributed by atoms with Gasteiger partial charge in [0.2, 0.25) is 0 Å². The lowest BCUT2D eigenvalue weighted by Gasteiger charge is -2.28. The van der Waals surface area contributed by atoms with E-state index >= 15 is 0 Å². The molecule has 14 heteroatoms. The Labute approximate surface area is 313 Å². The number of hydrogen-bond acceptors (Lipinski definition) is 10. The van der Waals surface area contributed by atoms with Crippen LogP contribution in [0.2, 0.25) is 12.1 Å². The van der Waals surface area contributed by atoms with Crippen LogP contribution in [0.1, 0.15) is 92.2 Å². The summed E-state index contributed by atoms with van der Waals surface area (Å²) in [4.78, 5) is 25.0. The molecule has 52 heavy (non-hydrogen) atoms. The van der Waals surface area contributed by atoms with Gasteiger partial charge in [0.15, 0.2) is 0 Å². The zero-order chi connectivity index (χ0) is 38.2. The molecule has 0 spiro atoms. The van der Waals surface area contributed by atoms with Crippen molar-refractivity contribution in [3.05, 3.63) is 59.7 Å². The molecule has 0 aliphatic carbocycles. The molecule has 0 radical (unpaired) electrons. The van der Waals surface area contributed by atoms with Crippen molar-refractivity contribution in [2.75, 3.05) is 52.7 Å². The number of benzene rings is 2. The molecule has 0 aliphatic heterocycles. The fourth-order valence-electron chi connectivity index (χ4n) is 5.91. The summed E-state index contributed by atoms with van der Waals surface area (Å²) in [5.41, 5.74) is 4.45. The quantitative estimate of drug-likeness (QED) is 0.0547. The van der Waals surface area contributed by atoms with Gasteiger partial charge < -0.3 is 46.7 Å². The molecule has 0 saturated carbocycles. The fraction of sp³-hybridized carbons (Fsp3) is 0.579. The Kier molecular flexibility index (Phi) is 21.7. The number of nitrogens with one attached hydrogen (secondary N) is 2. The van der Waals surface area contributed by atoms with E-state index in [2.05, 4.69) is 24.5 Å². The highest BCUT2D eigenvalue weighted by atomic mass is 28.4. The van der Waals surface area contributed by atoms with Gasteiger partial charge in [0.05, 0.1) is 0 Å². The van der Waals surface area contributed by atoms with Crippen molar-refractivity contribution in [1.82, 2.24) is 10.6 Å². The number of amides is 2. The molecule has 0 bridgehead atoms. The van der Waals surface area contributed by atoms with Crippen LogP contribution in [0.15, 0.2) is 48.5 Å². The molecule has 2 N–H and O–H groups in total. The van der Waals surface area contributed by atoms with E-state index < -0.39 is 29.8 Å². The van der Waals surface area contributed by atoms with Crippen LogP contribution < -0.4 is 20.1 Å². The Morgan fingerprint density at radius 1 is 0.481 bits per heavy atom. The third-order valence-electron chi connectivity index (χ3n) is 7.94. The van der Waals surface area contributed by atoms with Gasteiger partial charge in [0, 0.05) is 64.8 Å². The number of carbonyl (C=O) groups excluding carboxylic acids is 2. The summed E-state index contributed by atoms with van der Waals surface area (Å²) in [7, 11) is -5.51. The van der Waals surface area contributed by atoms with Crippen LogP contribution in [-0.2, 0) is 26.6 Å². The molecule has 0 atom stereocenters. The van der Waals surface area contributed by atoms with Crippen LogP contribution in [-0.4, -0.2) is 82.5 Å². The van der Waals surface area contributed by atoms with Gasteiger partial charge in [0.25, 0.3) is 0 Å². The molecule has 2 amide bonds. The normalized spacial score (nSPS) is 12.3. The van der Waals surface area contributed by atoms with E-state index in [9.17, 15) is 9.59 Å². The summed E-state index contributed by atoms with van der Waals surface area (Å²) in [6.07, 6.45) is 1.87. The van der Waals surface area contributed by atoms with Crippen molar-refractivity contribution in [1.29, 1.82) is 0 Å². The standard InChI is InChI=1S/C38H62N2O10Si2/c1-9-35(31-19-23-33(24-20-31)49-37(41)39-27-17-29-51(43-11-3,44-12-4)45-13-5)36(10-2)32-21-25-34(26-22-32)50-38(42)40-28-18-30-52(46-14-6,47-15-7)48-16-8/h19-26H,9-18,27-30H2,1-8H3,(H,39,41)(H,40,42)/b36-35+. The second-order valence-electron chi connectivity index (χ2n) is 11.5. The molecular formula is C38H62N2O10Si2. The first-order chi connectivity index (χ1) is 25.2. The summed E-state index contributed by atoms with van der Waals surface area (Å²) in [5.74, 6) is 0.908. The topological polar surface area (TPSA) is 132 Å². The summed E-state index contributed by atoms with van der Waals surface area (Å²) in [5, 5.41) is 5.62. The SMILES string of the molecule is CCO[Si](CCCNC(=O)Oc1ccc(/C(CC)=C(\CC)c2ccc(OC(=O)NCCC[Si](OCC)(OCC)OCC)cc2)cc1)(OCC)OCC. The summed E-state index contributed by atoms with van der Waals surface area (Å²) in [6, 6.07) is 16.3. The molecule has 0 heterocycles. The second-order valence-corrected chi connectivity index (χ2v) is 17.0. The molecule has 0 aliphatic rings. The van der Waals surface area contributed by atoms with Gasteiger partial charge in [-0.2, -0.15) is 0 Å². The predicted molar refractivity (Wildman–Crippen MR) is 208 cm³/mol. The lowest BCUT2D eigenvalue weighted by molar-refractivity contribution is 0.0700. The van der Waals surface area contributed by atoms with E-state index in [-0.39, 0.29) is 0 Å². The first kappa shape index (κ1) is 45.1. The van der Waals surface area contributed by atoms with E-state index in [1.54, 1.807) is 24.3 Å². The number of carbonyl (C=O) groups is 2. The molecule has 0 unspecified atom stereocenters. The highest BCUT2D eigenvalue weighted by Gasteiger charge is 2.40. The van der Waals surface area contributed by atoms with Crippen LogP contribution >= 0.6 is 0 Å². The zero-order valence-electron chi connectivity index (χ0n) is 32.6. The number of ether oxygens (including phenoxy) is 2. The average Bonchev–Trinajstić information content (AvgIpc) is 3.12. The summed E-state index contributed by atoms with van der Waals surface area (Å²) >= 11 is 0. The van der Waals surface area contributed by atoms with E-state index in [0.717, 1.165) is 24.0 Å². The monoisotopic (exact) mass is 762 g/mol. The van der Waals surface area contributed by atoms with Gasteiger partial charge >= 0.3 is 29.8 Å². The minimum absolute atomic E-state index is 0.413. The van der Waals surface area contributed by atoms with Gasteiger partial charge in [-0.25, -0.2) is 9.59 Å². The Morgan fingerprint density at radius 3 is 1.02 bits per heavy atom. The van der Waals surface area contributed by atoms with Crippen molar-refractivity contribution >= 4 is 40.9 Å². The smallest absolute Gasteiger partial charge is 0.410 e. The molecule has 0 saturated heterocycles. The molecule has 12 nitrogen and oxygen atoms in total. The third kappa shape index (κ3) is 15.1. The van der Waals surface area contributed by atoms with Gasteiger partial charge in [-0.05, 0) is 114 Å². The maximum Gasteiger partial charge on any atom is 0.500 e. The Bertz CT molecular complexity index is 1210. The maximum atomic E-state index is 12.5. The lowest BCUT2D eigenvalue weighted by Crippen LogP contribution is -2.46. The molecule has 2 aromatic carbocycles. The Hall–Kier alpha value is -3.09. The Balaban J connectivity index is 1.96. The highest BCUT2D eigenvalue weighted by Crippen LogP contribution is 2.33. The average molecular weight is 763 g/mol. The highest BCUT2D eigenvalue weighted by molar-refractivity contribution is 6.61. The molecule has 2 aromatic rings. The van der Waals surface area contributed by atoms with Crippen molar-refractivity contribution in [2.24, 2.45) is 0 Å². The largest absolute Gasteiger partial charge is 0.500 e. The van der Waals surface area contributed by atoms with Crippen LogP contribution in [0, 0.1) is 0 Å². The maximum absolute atomic E-state index is 12.5.